The van der Waals surface area contributed by atoms with Crippen molar-refractivity contribution >= 4 is 23.1 Å². The second kappa shape index (κ2) is 9.14. The highest BCUT2D eigenvalue weighted by atomic mass is 16.5. The highest BCUT2D eigenvalue weighted by molar-refractivity contribution is 6.51. The second-order valence-corrected chi connectivity index (χ2v) is 7.58. The Bertz CT molecular complexity index is 1130. The van der Waals surface area contributed by atoms with Crippen molar-refractivity contribution in [2.45, 2.75) is 32.7 Å². The van der Waals surface area contributed by atoms with Gasteiger partial charge in [-0.1, -0.05) is 26.0 Å². The minimum Gasteiger partial charge on any atom is -0.507 e. The number of furan rings is 1. The van der Waals surface area contributed by atoms with Gasteiger partial charge >= 0.3 is 0 Å². The van der Waals surface area contributed by atoms with E-state index in [-0.39, 0.29) is 11.3 Å². The van der Waals surface area contributed by atoms with Crippen LogP contribution >= 0.6 is 0 Å². The van der Waals surface area contributed by atoms with Crippen molar-refractivity contribution in [1.82, 2.24) is 0 Å². The first kappa shape index (κ1) is 21.4. The lowest BCUT2D eigenvalue weighted by molar-refractivity contribution is -0.132. The van der Waals surface area contributed by atoms with Gasteiger partial charge in [0.1, 0.15) is 23.3 Å². The fourth-order valence-electron chi connectivity index (χ4n) is 3.79. The van der Waals surface area contributed by atoms with Crippen LogP contribution < -0.4 is 9.64 Å². The van der Waals surface area contributed by atoms with E-state index >= 15 is 0 Å². The molecule has 0 bridgehead atoms. The van der Waals surface area contributed by atoms with E-state index in [9.17, 15) is 14.7 Å². The van der Waals surface area contributed by atoms with Gasteiger partial charge in [0, 0.05) is 11.3 Å². The largest absolute Gasteiger partial charge is 0.507 e. The summed E-state index contributed by atoms with van der Waals surface area (Å²) in [7, 11) is 0. The van der Waals surface area contributed by atoms with E-state index < -0.39 is 17.7 Å². The third-order valence-electron chi connectivity index (χ3n) is 5.48. The Morgan fingerprint density at radius 3 is 2.34 bits per heavy atom. The number of nitrogens with zero attached hydrogens (tertiary/aromatic N) is 1. The number of hydrogen-bond donors (Lipinski definition) is 1. The lowest BCUT2D eigenvalue weighted by Gasteiger charge is -2.23. The fourth-order valence-corrected chi connectivity index (χ4v) is 3.79. The summed E-state index contributed by atoms with van der Waals surface area (Å²) < 4.78 is 11.2. The molecule has 3 aromatic rings. The molecule has 0 spiro atoms. The predicted octanol–water partition coefficient (Wildman–Crippen LogP) is 5.26. The Kier molecular flexibility index (Phi) is 6.12. The SMILES string of the molecule is CCCOc1ccc(/C(O)=C2/C(=O)C(=O)N(c3ccc(CC)cc3)C2c2ccco2)cc1. The average Bonchev–Trinajstić information content (AvgIpc) is 3.45. The molecule has 0 saturated carbocycles. The lowest BCUT2D eigenvalue weighted by Crippen LogP contribution is -2.29. The monoisotopic (exact) mass is 431 g/mol. The number of aliphatic hydroxyl groups excluding tert-OH is 1. The number of ketones is 1. The molecule has 4 rings (SSSR count). The molecule has 0 aliphatic carbocycles. The fraction of sp³-hybridized carbons (Fsp3) is 0.231. The molecular formula is C26H25NO5. The number of carbonyl (C=O) groups excluding carboxylic acids is 2. The van der Waals surface area contributed by atoms with Crippen molar-refractivity contribution in [2.75, 3.05) is 11.5 Å². The number of amides is 1. The zero-order valence-electron chi connectivity index (χ0n) is 18.1. The maximum Gasteiger partial charge on any atom is 0.300 e. The van der Waals surface area contributed by atoms with E-state index in [1.807, 2.05) is 26.0 Å². The van der Waals surface area contributed by atoms with Gasteiger partial charge < -0.3 is 14.3 Å². The van der Waals surface area contributed by atoms with Crippen LogP contribution in [0.15, 0.2) is 76.9 Å². The summed E-state index contributed by atoms with van der Waals surface area (Å²) in [6, 6.07) is 16.8. The number of Topliss-reactive ketones (excluding diaryl/α,β-unsaturated/α-hetero) is 1. The number of aryl methyl sites for hydroxylation is 1. The molecule has 1 aliphatic heterocycles. The summed E-state index contributed by atoms with van der Waals surface area (Å²) in [4.78, 5) is 27.5. The van der Waals surface area contributed by atoms with E-state index in [1.165, 1.54) is 11.2 Å². The molecule has 1 amide bonds. The maximum absolute atomic E-state index is 13.1. The third kappa shape index (κ3) is 3.91. The highest BCUT2D eigenvalue weighted by Gasteiger charge is 2.48. The van der Waals surface area contributed by atoms with E-state index in [0.717, 1.165) is 18.4 Å². The van der Waals surface area contributed by atoms with Crippen LogP contribution in [0.4, 0.5) is 5.69 Å². The van der Waals surface area contributed by atoms with Crippen LogP contribution in [0.3, 0.4) is 0 Å². The summed E-state index contributed by atoms with van der Waals surface area (Å²) in [5.74, 6) is -0.648. The van der Waals surface area contributed by atoms with Gasteiger partial charge in [-0.3, -0.25) is 14.5 Å². The van der Waals surface area contributed by atoms with Gasteiger partial charge in [0.15, 0.2) is 0 Å². The van der Waals surface area contributed by atoms with Crippen molar-refractivity contribution in [3.8, 4) is 5.75 Å². The van der Waals surface area contributed by atoms with Crippen molar-refractivity contribution in [3.63, 3.8) is 0 Å². The number of aliphatic hydroxyl groups is 1. The van der Waals surface area contributed by atoms with Gasteiger partial charge in [0.2, 0.25) is 0 Å². The average molecular weight is 431 g/mol. The van der Waals surface area contributed by atoms with Crippen molar-refractivity contribution in [1.29, 1.82) is 0 Å². The molecule has 1 fully saturated rings. The van der Waals surface area contributed by atoms with Crippen LogP contribution in [0.25, 0.3) is 5.76 Å². The number of carbonyl (C=O) groups is 2. The smallest absolute Gasteiger partial charge is 0.300 e. The molecule has 1 unspecified atom stereocenters. The lowest BCUT2D eigenvalue weighted by atomic mass is 9.99. The van der Waals surface area contributed by atoms with Crippen molar-refractivity contribution < 1.29 is 23.8 Å². The van der Waals surface area contributed by atoms with Crippen LogP contribution in [0.2, 0.25) is 0 Å². The van der Waals surface area contributed by atoms with Gasteiger partial charge in [0.05, 0.1) is 18.4 Å². The van der Waals surface area contributed by atoms with Crippen LogP contribution in [0.5, 0.6) is 5.75 Å². The minimum absolute atomic E-state index is 0.00764. The number of anilines is 1. The summed E-state index contributed by atoms with van der Waals surface area (Å²) in [5.41, 5.74) is 2.09. The van der Waals surface area contributed by atoms with Gasteiger partial charge in [0.25, 0.3) is 11.7 Å². The summed E-state index contributed by atoms with van der Waals surface area (Å²) >= 11 is 0. The van der Waals surface area contributed by atoms with Crippen LogP contribution in [-0.4, -0.2) is 23.4 Å². The topological polar surface area (TPSA) is 80.0 Å². The summed E-state index contributed by atoms with van der Waals surface area (Å²) in [6.07, 6.45) is 3.22. The van der Waals surface area contributed by atoms with Crippen molar-refractivity contribution in [2.24, 2.45) is 0 Å². The molecule has 6 nitrogen and oxygen atoms in total. The zero-order valence-corrected chi connectivity index (χ0v) is 18.1. The first-order chi connectivity index (χ1) is 15.5. The molecule has 1 N–H and O–H groups in total. The Hall–Kier alpha value is -3.80. The third-order valence-corrected chi connectivity index (χ3v) is 5.48. The van der Waals surface area contributed by atoms with Crippen LogP contribution in [0.1, 0.15) is 43.2 Å². The van der Waals surface area contributed by atoms with Gasteiger partial charge in [-0.25, -0.2) is 0 Å². The maximum atomic E-state index is 13.1. The summed E-state index contributed by atoms with van der Waals surface area (Å²) in [6.45, 7) is 4.65. The molecule has 1 saturated heterocycles. The van der Waals surface area contributed by atoms with Gasteiger partial charge in [-0.15, -0.1) is 0 Å². The van der Waals surface area contributed by atoms with E-state index in [0.29, 0.717) is 29.4 Å². The molecule has 164 valence electrons. The quantitative estimate of drug-likeness (QED) is 0.314. The zero-order chi connectivity index (χ0) is 22.7. The molecule has 1 aliphatic rings. The molecular weight excluding hydrogens is 406 g/mol. The van der Waals surface area contributed by atoms with Gasteiger partial charge in [-0.05, 0) is 66.9 Å². The number of rotatable bonds is 7. The Morgan fingerprint density at radius 1 is 1.03 bits per heavy atom. The molecule has 1 atom stereocenters. The van der Waals surface area contributed by atoms with E-state index in [2.05, 4.69) is 0 Å². The summed E-state index contributed by atoms with van der Waals surface area (Å²) in [5, 5.41) is 11.1. The van der Waals surface area contributed by atoms with Crippen LogP contribution in [0, 0.1) is 0 Å². The number of hydrogen-bond acceptors (Lipinski definition) is 5. The van der Waals surface area contributed by atoms with Gasteiger partial charge in [-0.2, -0.15) is 0 Å². The predicted molar refractivity (Wildman–Crippen MR) is 122 cm³/mol. The molecule has 1 aromatic heterocycles. The highest BCUT2D eigenvalue weighted by Crippen LogP contribution is 2.42. The molecule has 2 aromatic carbocycles. The van der Waals surface area contributed by atoms with Crippen molar-refractivity contribution in [3.05, 3.63) is 89.4 Å². The minimum atomic E-state index is -0.867. The standard InChI is InChI=1S/C26H25NO5/c1-3-15-31-20-13-9-18(10-14-20)24(28)22-23(21-6-5-16-32-21)27(26(30)25(22)29)19-11-7-17(4-2)8-12-19/h5-14,16,23,28H,3-4,15H2,1-2H3/b24-22-. The first-order valence-corrected chi connectivity index (χ1v) is 10.7. The number of ether oxygens (including phenoxy) is 1. The van der Waals surface area contributed by atoms with E-state index in [4.69, 9.17) is 9.15 Å². The normalized spacial score (nSPS) is 17.7. The van der Waals surface area contributed by atoms with Crippen LogP contribution in [-0.2, 0) is 16.0 Å². The first-order valence-electron chi connectivity index (χ1n) is 10.7. The molecule has 6 heteroatoms. The Morgan fingerprint density at radius 2 is 1.75 bits per heavy atom. The molecule has 0 radical (unpaired) electrons. The molecule has 32 heavy (non-hydrogen) atoms. The Labute approximate surface area is 186 Å². The number of benzene rings is 2. The van der Waals surface area contributed by atoms with E-state index in [1.54, 1.807) is 48.5 Å². The Balaban J connectivity index is 1.79. The second-order valence-electron chi connectivity index (χ2n) is 7.58. The molecule has 2 heterocycles.